The summed E-state index contributed by atoms with van der Waals surface area (Å²) in [5, 5.41) is 11.4. The molecule has 0 aliphatic heterocycles. The SMILES string of the molecule is CC1(C)c2ccccc2-c2ccc(-c3ccc(-n4c5ccccc5c5cc6ccn(-c7ccccc7)c6cc54)cc3)cc21.CC1(C)c2ccccc2-c2ccc(-c3cccc(-n4c5ccccc5c5cc6ccn(-c7ccccc7)c6cc54)c3)cc21.c1ccc(-n2ccc3cc4c5ccccc5n(-c5ccc6c(c5)C(c5ccccc5)(c5ccccc5)c5ccccc5-6)c4cc32)cc1. The van der Waals surface area contributed by atoms with Crippen molar-refractivity contribution < 1.29 is 0 Å². The van der Waals surface area contributed by atoms with Crippen molar-refractivity contribution in [2.45, 2.75) is 43.9 Å². The van der Waals surface area contributed by atoms with Crippen molar-refractivity contribution in [1.82, 2.24) is 27.4 Å². The number of rotatable bonds is 10. The first-order valence-corrected chi connectivity index (χ1v) is 46.3. The minimum Gasteiger partial charge on any atom is -0.316 e. The smallest absolute Gasteiger partial charge is 0.0714 e. The lowest BCUT2D eigenvalue weighted by atomic mass is 9.67. The molecule has 0 spiro atoms. The Balaban J connectivity index is 0.000000104. The lowest BCUT2D eigenvalue weighted by molar-refractivity contribution is 0.660. The largest absolute Gasteiger partial charge is 0.316 e. The van der Waals surface area contributed by atoms with E-state index in [2.05, 4.69) is 529 Å². The Kier molecular flexibility index (Phi) is 17.5. The average molecular weight is 1700 g/mol. The first-order valence-electron chi connectivity index (χ1n) is 46.3. The average Bonchev–Trinajstić information content (AvgIpc) is 1.53. The maximum atomic E-state index is 2.47. The van der Waals surface area contributed by atoms with Gasteiger partial charge in [-0.2, -0.15) is 0 Å². The molecule has 0 saturated heterocycles. The monoisotopic (exact) mass is 1700 g/mol. The van der Waals surface area contributed by atoms with Crippen molar-refractivity contribution in [3.8, 4) is 89.8 Å². The fraction of sp³-hybridized carbons (Fsp3) is 0.0551. The fourth-order valence-electron chi connectivity index (χ4n) is 23.0. The summed E-state index contributed by atoms with van der Waals surface area (Å²) >= 11 is 0. The molecule has 3 aliphatic carbocycles. The fourth-order valence-corrected chi connectivity index (χ4v) is 23.0. The standard InChI is InChI=1S/C45H30N2.2C41H30N2/c1-4-14-32(15-5-1)45(33-16-6-2-7-17-33)40-22-12-10-20-36(40)37-25-24-35(29-41(37)45)47-42-23-13-11-21-38(42)39-28-31-26-27-46(43(31)30-44(39)47)34-18-8-3-9-19-34;1-41(2)36-17-8-6-15-32(36)33-20-19-28(25-37(33)41)27-11-10-14-31(23-27)43-38-18-9-7-16-34(38)35-24-29-21-22-42(39(29)26-40(35)43)30-12-4-3-5-13-30;1-41(2)36-14-8-6-12-32(36)33-21-18-28(25-37(33)41)27-16-19-31(20-17-27)43-38-15-9-7-13-34(38)35-24-29-22-23-42(39(29)26-40(35)43)30-10-4-3-5-11-30/h1-30H;2*3-26H,1-2H3. The van der Waals surface area contributed by atoms with Gasteiger partial charge in [0.2, 0.25) is 0 Å². The van der Waals surface area contributed by atoms with Crippen LogP contribution in [0.5, 0.6) is 0 Å². The van der Waals surface area contributed by atoms with Crippen LogP contribution >= 0.6 is 0 Å². The molecule has 0 bridgehead atoms. The summed E-state index contributed by atoms with van der Waals surface area (Å²) in [5.74, 6) is 0. The Hall–Kier alpha value is -16.8. The molecule has 0 unspecified atom stereocenters. The summed E-state index contributed by atoms with van der Waals surface area (Å²) in [5.41, 5.74) is 41.3. The maximum Gasteiger partial charge on any atom is 0.0714 e. The normalized spacial score (nSPS) is 13.4. The van der Waals surface area contributed by atoms with Crippen molar-refractivity contribution in [3.63, 3.8) is 0 Å². The third kappa shape index (κ3) is 12.0. The quantitative estimate of drug-likeness (QED) is 0.131. The number of fused-ring (bicyclic) bond motifs is 21. The third-order valence-electron chi connectivity index (χ3n) is 29.3. The Morgan fingerprint density at radius 2 is 0.474 bits per heavy atom. The maximum absolute atomic E-state index is 2.47. The number of nitrogens with zero attached hydrogens (tertiary/aromatic N) is 6. The Morgan fingerprint density at radius 3 is 0.910 bits per heavy atom. The summed E-state index contributed by atoms with van der Waals surface area (Å²) in [6.07, 6.45) is 6.54. The first-order chi connectivity index (χ1) is 65.5. The van der Waals surface area contributed by atoms with Gasteiger partial charge in [0.05, 0.1) is 55.1 Å². The molecular formula is C127H90N6. The molecule has 0 fully saturated rings. The zero-order valence-electron chi connectivity index (χ0n) is 74.2. The number of para-hydroxylation sites is 6. The van der Waals surface area contributed by atoms with Gasteiger partial charge in [-0.15, -0.1) is 0 Å². The van der Waals surface area contributed by atoms with E-state index >= 15 is 0 Å². The molecule has 6 aromatic heterocycles. The van der Waals surface area contributed by atoms with Crippen LogP contribution in [0.3, 0.4) is 0 Å². The van der Waals surface area contributed by atoms with Crippen molar-refractivity contribution in [3.05, 3.63) is 518 Å². The lowest BCUT2D eigenvalue weighted by Gasteiger charge is -2.34. The van der Waals surface area contributed by atoms with Crippen LogP contribution in [-0.4, -0.2) is 27.4 Å². The number of benzene rings is 19. The second kappa shape index (κ2) is 30.2. The second-order valence-electron chi connectivity index (χ2n) is 37.1. The van der Waals surface area contributed by atoms with Crippen molar-refractivity contribution >= 4 is 98.1 Å². The molecule has 0 N–H and O–H groups in total. The van der Waals surface area contributed by atoms with Crippen LogP contribution in [0.4, 0.5) is 0 Å². The van der Waals surface area contributed by atoms with E-state index in [1.165, 1.54) is 221 Å². The molecule has 0 radical (unpaired) electrons. The Labute approximate surface area is 771 Å². The van der Waals surface area contributed by atoms with Gasteiger partial charge in [0.1, 0.15) is 0 Å². The molecule has 0 saturated carbocycles. The van der Waals surface area contributed by atoms with Crippen molar-refractivity contribution in [2.75, 3.05) is 0 Å². The summed E-state index contributed by atoms with van der Waals surface area (Å²) in [4.78, 5) is 0. The Bertz CT molecular complexity index is 8940. The van der Waals surface area contributed by atoms with E-state index in [9.17, 15) is 0 Å². The van der Waals surface area contributed by atoms with E-state index < -0.39 is 5.41 Å². The minimum atomic E-state index is -0.446. The molecule has 628 valence electrons. The highest BCUT2D eigenvalue weighted by atomic mass is 15.0. The molecule has 133 heavy (non-hydrogen) atoms. The lowest BCUT2D eigenvalue weighted by Crippen LogP contribution is -2.28. The van der Waals surface area contributed by atoms with Gasteiger partial charge in [-0.05, 0) is 258 Å². The highest BCUT2D eigenvalue weighted by molar-refractivity contribution is 6.16. The Morgan fingerprint density at radius 1 is 0.165 bits per heavy atom. The van der Waals surface area contributed by atoms with Crippen LogP contribution in [0.25, 0.3) is 188 Å². The summed E-state index contributed by atoms with van der Waals surface area (Å²) < 4.78 is 14.2. The van der Waals surface area contributed by atoms with Crippen LogP contribution in [0.1, 0.15) is 72.2 Å². The van der Waals surface area contributed by atoms with Gasteiger partial charge in [0.15, 0.2) is 0 Å². The molecule has 6 heterocycles. The summed E-state index contributed by atoms with van der Waals surface area (Å²) in [7, 11) is 0. The highest BCUT2D eigenvalue weighted by Gasteiger charge is 2.47. The van der Waals surface area contributed by atoms with Crippen LogP contribution in [0.2, 0.25) is 0 Å². The molecule has 0 atom stereocenters. The van der Waals surface area contributed by atoms with E-state index in [1.54, 1.807) is 0 Å². The number of hydrogen-bond donors (Lipinski definition) is 0. The molecule has 6 nitrogen and oxygen atoms in total. The molecule has 0 amide bonds. The van der Waals surface area contributed by atoms with Gasteiger partial charge in [0, 0.05) is 112 Å². The molecule has 25 aromatic rings. The minimum absolute atomic E-state index is 0.00635. The number of aromatic nitrogens is 6. The van der Waals surface area contributed by atoms with E-state index in [4.69, 9.17) is 0 Å². The van der Waals surface area contributed by atoms with Crippen molar-refractivity contribution in [2.24, 2.45) is 0 Å². The van der Waals surface area contributed by atoms with E-state index in [-0.39, 0.29) is 10.8 Å². The predicted molar refractivity (Wildman–Crippen MR) is 556 cm³/mol. The van der Waals surface area contributed by atoms with E-state index in [1.807, 2.05) is 0 Å². The van der Waals surface area contributed by atoms with E-state index in [0.717, 1.165) is 11.4 Å². The second-order valence-corrected chi connectivity index (χ2v) is 37.1. The van der Waals surface area contributed by atoms with E-state index in [0.29, 0.717) is 0 Å². The summed E-state index contributed by atoms with van der Waals surface area (Å²) in [6.45, 7) is 9.39. The summed E-state index contributed by atoms with van der Waals surface area (Å²) in [6, 6.07) is 167. The van der Waals surface area contributed by atoms with Gasteiger partial charge >= 0.3 is 0 Å². The number of hydrogen-bond acceptors (Lipinski definition) is 0. The molecule has 28 rings (SSSR count). The van der Waals surface area contributed by atoms with Crippen LogP contribution in [0.15, 0.2) is 474 Å². The third-order valence-corrected chi connectivity index (χ3v) is 29.3. The predicted octanol–water partition coefficient (Wildman–Crippen LogP) is 32.5. The highest BCUT2D eigenvalue weighted by Crippen LogP contribution is 2.58. The zero-order chi connectivity index (χ0) is 88.4. The van der Waals surface area contributed by atoms with Crippen LogP contribution in [-0.2, 0) is 16.2 Å². The van der Waals surface area contributed by atoms with Gasteiger partial charge < -0.3 is 27.4 Å². The van der Waals surface area contributed by atoms with Gasteiger partial charge in [-0.3, -0.25) is 0 Å². The molecule has 3 aliphatic rings. The molecule has 6 heteroatoms. The zero-order valence-corrected chi connectivity index (χ0v) is 74.2. The molecular weight excluding hydrogens is 1610 g/mol. The van der Waals surface area contributed by atoms with Crippen LogP contribution in [0, 0.1) is 0 Å². The van der Waals surface area contributed by atoms with Crippen molar-refractivity contribution in [1.29, 1.82) is 0 Å². The first kappa shape index (κ1) is 77.3. The van der Waals surface area contributed by atoms with Gasteiger partial charge in [0.25, 0.3) is 0 Å². The van der Waals surface area contributed by atoms with Gasteiger partial charge in [-0.25, -0.2) is 0 Å². The van der Waals surface area contributed by atoms with Crippen LogP contribution < -0.4 is 0 Å². The molecule has 19 aromatic carbocycles. The topological polar surface area (TPSA) is 29.6 Å². The van der Waals surface area contributed by atoms with Gasteiger partial charge in [-0.1, -0.05) is 325 Å².